The summed E-state index contributed by atoms with van der Waals surface area (Å²) in [5, 5.41) is 3.07. The van der Waals surface area contributed by atoms with Crippen LogP contribution in [-0.4, -0.2) is 36.1 Å². The Morgan fingerprint density at radius 3 is 2.93 bits per heavy atom. The molecule has 2 aromatic carbocycles. The zero-order chi connectivity index (χ0) is 18.6. The molecule has 6 heteroatoms. The summed E-state index contributed by atoms with van der Waals surface area (Å²) in [6.07, 6.45) is 1.87. The zero-order valence-electron chi connectivity index (χ0n) is 15.4. The Balaban J connectivity index is 1.40. The van der Waals surface area contributed by atoms with E-state index >= 15 is 0 Å². The van der Waals surface area contributed by atoms with Gasteiger partial charge in [0.15, 0.2) is 0 Å². The van der Waals surface area contributed by atoms with E-state index in [4.69, 9.17) is 4.74 Å². The van der Waals surface area contributed by atoms with Crippen molar-refractivity contribution in [1.29, 1.82) is 0 Å². The molecule has 0 radical (unpaired) electrons. The van der Waals surface area contributed by atoms with Gasteiger partial charge in [-0.2, -0.15) is 0 Å². The Kier molecular flexibility index (Phi) is 4.96. The second kappa shape index (κ2) is 7.70. The highest BCUT2D eigenvalue weighted by molar-refractivity contribution is 5.80. The molecule has 1 atom stereocenters. The van der Waals surface area contributed by atoms with Gasteiger partial charge in [0.05, 0.1) is 24.1 Å². The quantitative estimate of drug-likeness (QED) is 0.730. The Morgan fingerprint density at radius 2 is 2.07 bits per heavy atom. The maximum atomic E-state index is 12.7. The van der Waals surface area contributed by atoms with Crippen molar-refractivity contribution in [1.82, 2.24) is 15.3 Å². The van der Waals surface area contributed by atoms with Crippen LogP contribution in [0.3, 0.4) is 0 Å². The summed E-state index contributed by atoms with van der Waals surface area (Å²) >= 11 is 0. The molecule has 140 valence electrons. The van der Waals surface area contributed by atoms with Crippen LogP contribution in [0.25, 0.3) is 11.0 Å². The van der Waals surface area contributed by atoms with E-state index in [1.54, 1.807) is 7.11 Å². The third-order valence-electron chi connectivity index (χ3n) is 5.11. The molecular formula is C21H24N4O2. The van der Waals surface area contributed by atoms with Crippen LogP contribution >= 0.6 is 0 Å². The first-order chi connectivity index (χ1) is 13.2. The van der Waals surface area contributed by atoms with Crippen LogP contribution in [0.2, 0.25) is 0 Å². The number of carbonyl (C=O) groups excluding carboxylic acids is 1. The summed E-state index contributed by atoms with van der Waals surface area (Å²) in [7, 11) is 1.65. The molecule has 4 rings (SSSR count). The third kappa shape index (κ3) is 3.74. The first kappa shape index (κ1) is 17.4. The number of aromatic nitrogens is 2. The van der Waals surface area contributed by atoms with Gasteiger partial charge in [-0.15, -0.1) is 0 Å². The summed E-state index contributed by atoms with van der Waals surface area (Å²) < 4.78 is 5.35. The van der Waals surface area contributed by atoms with Gasteiger partial charge < -0.3 is 19.9 Å². The number of aromatic amines is 1. The number of nitrogens with zero attached hydrogens (tertiary/aromatic N) is 2. The minimum atomic E-state index is -0.0401. The monoisotopic (exact) mass is 364 g/mol. The van der Waals surface area contributed by atoms with Gasteiger partial charge in [0, 0.05) is 25.2 Å². The average molecular weight is 364 g/mol. The van der Waals surface area contributed by atoms with Crippen molar-refractivity contribution in [3.8, 4) is 5.75 Å². The number of piperidine rings is 1. The van der Waals surface area contributed by atoms with Crippen molar-refractivity contribution in [2.75, 3.05) is 25.1 Å². The van der Waals surface area contributed by atoms with Crippen LogP contribution in [0.1, 0.15) is 18.4 Å². The first-order valence-corrected chi connectivity index (χ1v) is 9.34. The van der Waals surface area contributed by atoms with Crippen molar-refractivity contribution in [3.05, 3.63) is 54.1 Å². The van der Waals surface area contributed by atoms with Gasteiger partial charge in [0.25, 0.3) is 0 Å². The number of hydrogen-bond donors (Lipinski definition) is 2. The molecule has 0 spiro atoms. The number of ether oxygens (including phenoxy) is 1. The molecule has 2 heterocycles. The molecule has 0 aliphatic carbocycles. The van der Waals surface area contributed by atoms with Crippen molar-refractivity contribution >= 4 is 22.9 Å². The fraction of sp³-hybridized carbons (Fsp3) is 0.333. The van der Waals surface area contributed by atoms with E-state index in [0.717, 1.165) is 47.7 Å². The molecule has 1 fully saturated rings. The van der Waals surface area contributed by atoms with Crippen LogP contribution in [0.4, 0.5) is 5.95 Å². The number of methoxy groups -OCH3 is 1. The summed E-state index contributed by atoms with van der Waals surface area (Å²) in [4.78, 5) is 22.9. The van der Waals surface area contributed by atoms with Crippen molar-refractivity contribution < 1.29 is 9.53 Å². The Hall–Kier alpha value is -3.02. The topological polar surface area (TPSA) is 70.2 Å². The lowest BCUT2D eigenvalue weighted by molar-refractivity contribution is -0.125. The van der Waals surface area contributed by atoms with Gasteiger partial charge in [-0.05, 0) is 31.0 Å². The third-order valence-corrected chi connectivity index (χ3v) is 5.11. The second-order valence-corrected chi connectivity index (χ2v) is 6.89. The van der Waals surface area contributed by atoms with Gasteiger partial charge in [-0.1, -0.05) is 30.3 Å². The molecule has 0 bridgehead atoms. The minimum absolute atomic E-state index is 0.0401. The fourth-order valence-corrected chi connectivity index (χ4v) is 3.65. The number of rotatable bonds is 5. The Bertz CT molecular complexity index is 904. The smallest absolute Gasteiger partial charge is 0.225 e. The number of carbonyl (C=O) groups is 1. The predicted octanol–water partition coefficient (Wildman–Crippen LogP) is 3.10. The number of nitrogens with one attached hydrogen (secondary N) is 2. The van der Waals surface area contributed by atoms with Crippen LogP contribution in [0.5, 0.6) is 5.75 Å². The van der Waals surface area contributed by atoms with E-state index in [1.807, 2.05) is 48.5 Å². The van der Waals surface area contributed by atoms with Crippen LogP contribution in [-0.2, 0) is 11.3 Å². The molecule has 1 aliphatic heterocycles. The molecule has 2 N–H and O–H groups in total. The molecule has 1 aliphatic rings. The largest absolute Gasteiger partial charge is 0.496 e. The van der Waals surface area contributed by atoms with Crippen molar-refractivity contribution in [3.63, 3.8) is 0 Å². The molecular weight excluding hydrogens is 340 g/mol. The number of benzene rings is 2. The Morgan fingerprint density at radius 1 is 1.26 bits per heavy atom. The van der Waals surface area contributed by atoms with Gasteiger partial charge >= 0.3 is 0 Å². The zero-order valence-corrected chi connectivity index (χ0v) is 15.4. The fourth-order valence-electron chi connectivity index (χ4n) is 3.65. The van der Waals surface area contributed by atoms with Gasteiger partial charge in [0.1, 0.15) is 5.75 Å². The van der Waals surface area contributed by atoms with E-state index in [1.165, 1.54) is 0 Å². The molecule has 6 nitrogen and oxygen atoms in total. The molecule has 1 amide bonds. The number of para-hydroxylation sites is 3. The maximum Gasteiger partial charge on any atom is 0.225 e. The van der Waals surface area contributed by atoms with Gasteiger partial charge in [-0.25, -0.2) is 4.98 Å². The lowest BCUT2D eigenvalue weighted by atomic mass is 9.97. The van der Waals surface area contributed by atoms with Gasteiger partial charge in [-0.3, -0.25) is 4.79 Å². The van der Waals surface area contributed by atoms with Crippen molar-refractivity contribution in [2.45, 2.75) is 19.4 Å². The number of amides is 1. The molecule has 1 saturated heterocycles. The lowest BCUT2D eigenvalue weighted by Gasteiger charge is -2.31. The predicted molar refractivity (Wildman–Crippen MR) is 106 cm³/mol. The highest BCUT2D eigenvalue weighted by atomic mass is 16.5. The summed E-state index contributed by atoms with van der Waals surface area (Å²) in [5.41, 5.74) is 2.96. The second-order valence-electron chi connectivity index (χ2n) is 6.89. The number of anilines is 1. The van der Waals surface area contributed by atoms with Gasteiger partial charge in [0.2, 0.25) is 11.9 Å². The first-order valence-electron chi connectivity index (χ1n) is 9.34. The normalized spacial score (nSPS) is 17.1. The van der Waals surface area contributed by atoms with Crippen molar-refractivity contribution in [2.24, 2.45) is 5.92 Å². The van der Waals surface area contributed by atoms with E-state index in [0.29, 0.717) is 13.1 Å². The van der Waals surface area contributed by atoms with Crippen LogP contribution < -0.4 is 15.0 Å². The molecule has 0 unspecified atom stereocenters. The highest BCUT2D eigenvalue weighted by Crippen LogP contribution is 2.24. The molecule has 0 saturated carbocycles. The van der Waals surface area contributed by atoms with Crippen LogP contribution in [0, 0.1) is 5.92 Å². The standard InChI is InChI=1S/C21H24N4O2/c1-27-19-11-5-2-7-15(19)13-22-20(26)16-8-6-12-25(14-16)21-23-17-9-3-4-10-18(17)24-21/h2-5,7,9-11,16H,6,8,12-14H2,1H3,(H,22,26)(H,23,24)/t16-/m1/s1. The number of H-pyrrole nitrogens is 1. The van der Waals surface area contributed by atoms with Crippen LogP contribution in [0.15, 0.2) is 48.5 Å². The maximum absolute atomic E-state index is 12.7. The highest BCUT2D eigenvalue weighted by Gasteiger charge is 2.27. The Labute approximate surface area is 158 Å². The minimum Gasteiger partial charge on any atom is -0.496 e. The summed E-state index contributed by atoms with van der Waals surface area (Å²) in [6, 6.07) is 15.8. The number of imidazole rings is 1. The average Bonchev–Trinajstić information content (AvgIpc) is 3.16. The summed E-state index contributed by atoms with van der Waals surface area (Å²) in [5.74, 6) is 1.69. The van der Waals surface area contributed by atoms with E-state index < -0.39 is 0 Å². The van der Waals surface area contributed by atoms with E-state index in [9.17, 15) is 4.79 Å². The molecule has 27 heavy (non-hydrogen) atoms. The molecule has 1 aromatic heterocycles. The summed E-state index contributed by atoms with van der Waals surface area (Å²) in [6.45, 7) is 2.07. The van der Waals surface area contributed by atoms with E-state index in [-0.39, 0.29) is 11.8 Å². The SMILES string of the molecule is COc1ccccc1CNC(=O)[C@@H]1CCCN(c2nc3ccccc3[nH]2)C1. The number of hydrogen-bond acceptors (Lipinski definition) is 4. The van der Waals surface area contributed by atoms with E-state index in [2.05, 4.69) is 20.2 Å². The number of fused-ring (bicyclic) bond motifs is 1. The molecule has 3 aromatic rings. The lowest BCUT2D eigenvalue weighted by Crippen LogP contribution is -2.43.